The van der Waals surface area contributed by atoms with E-state index in [1.165, 1.54) is 18.5 Å². The first-order chi connectivity index (χ1) is 15.2. The third-order valence-corrected chi connectivity index (χ3v) is 5.48. The van der Waals surface area contributed by atoms with Crippen LogP contribution in [0.15, 0.2) is 47.2 Å². The highest BCUT2D eigenvalue weighted by Gasteiger charge is 2.31. The number of carbonyl (C=O) groups excluding carboxylic acids is 1. The number of nitrogens with zero attached hydrogens (tertiary/aromatic N) is 3. The molecule has 4 aromatic rings. The van der Waals surface area contributed by atoms with Crippen LogP contribution in [-0.4, -0.2) is 32.4 Å². The van der Waals surface area contributed by atoms with Gasteiger partial charge < -0.3 is 10.3 Å². The van der Waals surface area contributed by atoms with E-state index in [9.17, 15) is 18.0 Å². The predicted molar refractivity (Wildman–Crippen MR) is 118 cm³/mol. The molecule has 1 aromatic carbocycles. The van der Waals surface area contributed by atoms with Gasteiger partial charge in [-0.2, -0.15) is 13.2 Å². The number of alkyl halides is 3. The van der Waals surface area contributed by atoms with E-state index in [0.717, 1.165) is 12.1 Å². The number of hydrogen-bond donors (Lipinski definition) is 2. The van der Waals surface area contributed by atoms with E-state index < -0.39 is 11.7 Å². The number of carbonyl (C=O) groups is 1. The maximum atomic E-state index is 13.1. The van der Waals surface area contributed by atoms with Crippen LogP contribution in [0.5, 0.6) is 0 Å². The summed E-state index contributed by atoms with van der Waals surface area (Å²) in [5.41, 5.74) is 1.64. The molecule has 0 atom stereocenters. The van der Waals surface area contributed by atoms with Crippen LogP contribution in [-0.2, 0) is 6.18 Å². The summed E-state index contributed by atoms with van der Waals surface area (Å²) in [7, 11) is 0. The lowest BCUT2D eigenvalue weighted by Crippen LogP contribution is -2.22. The molecule has 0 aliphatic rings. The first-order valence-corrected chi connectivity index (χ1v) is 10.5. The molecule has 0 fully saturated rings. The fourth-order valence-corrected chi connectivity index (χ4v) is 3.90. The highest BCUT2D eigenvalue weighted by Crippen LogP contribution is 2.35. The van der Waals surface area contributed by atoms with Crippen molar-refractivity contribution in [3.05, 3.63) is 63.3 Å². The van der Waals surface area contributed by atoms with Crippen molar-refractivity contribution in [3.63, 3.8) is 0 Å². The Morgan fingerprint density at radius 3 is 2.59 bits per heavy atom. The molecule has 0 bridgehead atoms. The topological polar surface area (TPSA) is 83.6 Å². The molecule has 32 heavy (non-hydrogen) atoms. The van der Waals surface area contributed by atoms with Crippen LogP contribution in [0.1, 0.15) is 22.8 Å². The molecule has 11 heteroatoms. The number of fused-ring (bicyclic) bond motifs is 1. The van der Waals surface area contributed by atoms with Crippen molar-refractivity contribution in [1.82, 2.24) is 25.3 Å². The van der Waals surface area contributed by atoms with Gasteiger partial charge in [-0.1, -0.05) is 11.6 Å². The van der Waals surface area contributed by atoms with Gasteiger partial charge in [0.15, 0.2) is 5.82 Å². The van der Waals surface area contributed by atoms with E-state index in [-0.39, 0.29) is 20.9 Å². The minimum Gasteiger partial charge on any atom is -0.352 e. The van der Waals surface area contributed by atoms with Gasteiger partial charge in [0.25, 0.3) is 5.91 Å². The lowest BCUT2D eigenvalue weighted by atomic mass is 10.1. The Morgan fingerprint density at radius 2 is 1.97 bits per heavy atom. The average Bonchev–Trinajstić information content (AvgIpc) is 3.18. The van der Waals surface area contributed by atoms with Gasteiger partial charge in [-0.05, 0) is 53.2 Å². The number of hydrogen-bond acceptors (Lipinski definition) is 4. The minimum atomic E-state index is -4.47. The molecule has 0 aliphatic carbocycles. The summed E-state index contributed by atoms with van der Waals surface area (Å²) in [5.74, 6) is 0.0452. The molecule has 2 N–H and O–H groups in total. The van der Waals surface area contributed by atoms with Crippen molar-refractivity contribution in [1.29, 1.82) is 0 Å². The molecule has 3 heterocycles. The van der Waals surface area contributed by atoms with Crippen molar-refractivity contribution in [3.8, 4) is 22.8 Å². The molecule has 0 unspecified atom stereocenters. The normalized spacial score (nSPS) is 11.7. The Morgan fingerprint density at radius 1 is 1.19 bits per heavy atom. The number of benzene rings is 1. The zero-order chi connectivity index (χ0) is 23.0. The van der Waals surface area contributed by atoms with Gasteiger partial charge >= 0.3 is 6.18 Å². The van der Waals surface area contributed by atoms with Crippen molar-refractivity contribution in [2.45, 2.75) is 13.1 Å². The number of imidazole rings is 1. The smallest absolute Gasteiger partial charge is 0.352 e. The standard InChI is InChI=1S/C21H14BrClF3N5O/c1-2-27-20(32)11-5-14(23)17(29-9-11)10-3-4-15(28-8-10)19-30-16-7-12(21(24,25)26)6-13(22)18(16)31-19/h3-9H,2H2,1H3,(H,27,32)(H,30,31). The van der Waals surface area contributed by atoms with Crippen molar-refractivity contribution in [2.75, 3.05) is 6.54 Å². The molecule has 0 radical (unpaired) electrons. The van der Waals surface area contributed by atoms with Gasteiger partial charge in [-0.15, -0.1) is 0 Å². The average molecular weight is 525 g/mol. The van der Waals surface area contributed by atoms with Crippen LogP contribution < -0.4 is 5.32 Å². The van der Waals surface area contributed by atoms with Crippen molar-refractivity contribution in [2.24, 2.45) is 0 Å². The lowest BCUT2D eigenvalue weighted by molar-refractivity contribution is -0.137. The third-order valence-electron chi connectivity index (χ3n) is 4.59. The molecule has 0 saturated heterocycles. The molecular weight excluding hydrogens is 511 g/mol. The third kappa shape index (κ3) is 4.33. The van der Waals surface area contributed by atoms with Crippen LogP contribution in [0, 0.1) is 0 Å². The summed E-state index contributed by atoms with van der Waals surface area (Å²) in [6, 6.07) is 6.89. The Kier molecular flexibility index (Phi) is 5.91. The van der Waals surface area contributed by atoms with Gasteiger partial charge in [-0.25, -0.2) is 4.98 Å². The van der Waals surface area contributed by atoms with E-state index in [4.69, 9.17) is 11.6 Å². The Labute approximate surface area is 193 Å². The zero-order valence-electron chi connectivity index (χ0n) is 16.4. The Bertz CT molecular complexity index is 1320. The van der Waals surface area contributed by atoms with Crippen LogP contribution in [0.4, 0.5) is 13.2 Å². The monoisotopic (exact) mass is 523 g/mol. The maximum absolute atomic E-state index is 13.1. The number of H-pyrrole nitrogens is 1. The predicted octanol–water partition coefficient (Wildman–Crippen LogP) is 5.87. The van der Waals surface area contributed by atoms with E-state index in [2.05, 4.69) is 41.2 Å². The van der Waals surface area contributed by atoms with Gasteiger partial charge in [0, 0.05) is 29.0 Å². The van der Waals surface area contributed by atoms with Gasteiger partial charge in [-0.3, -0.25) is 14.8 Å². The largest absolute Gasteiger partial charge is 0.416 e. The summed E-state index contributed by atoms with van der Waals surface area (Å²) in [4.78, 5) is 27.8. The summed E-state index contributed by atoms with van der Waals surface area (Å²) in [5, 5.41) is 2.96. The fourth-order valence-electron chi connectivity index (χ4n) is 3.07. The number of rotatable bonds is 4. The molecule has 0 spiro atoms. The second kappa shape index (κ2) is 8.51. The molecule has 3 aromatic heterocycles. The van der Waals surface area contributed by atoms with E-state index in [0.29, 0.717) is 40.4 Å². The van der Waals surface area contributed by atoms with Crippen LogP contribution in [0.25, 0.3) is 33.8 Å². The number of pyridine rings is 2. The van der Waals surface area contributed by atoms with Crippen LogP contribution >= 0.6 is 27.5 Å². The van der Waals surface area contributed by atoms with Gasteiger partial charge in [0.1, 0.15) is 11.2 Å². The number of nitrogens with one attached hydrogen (secondary N) is 2. The molecule has 0 saturated carbocycles. The number of aromatic amines is 1. The van der Waals surface area contributed by atoms with Crippen molar-refractivity contribution < 1.29 is 18.0 Å². The molecule has 164 valence electrons. The number of halogens is 5. The Balaban J connectivity index is 1.65. The molecule has 0 aliphatic heterocycles. The molecular formula is C21H14BrClF3N5O. The van der Waals surface area contributed by atoms with Gasteiger partial charge in [0.2, 0.25) is 0 Å². The molecule has 1 amide bonds. The molecule has 4 rings (SSSR count). The van der Waals surface area contributed by atoms with Gasteiger partial charge in [0.05, 0.1) is 27.4 Å². The van der Waals surface area contributed by atoms with Crippen molar-refractivity contribution >= 4 is 44.5 Å². The number of aromatic nitrogens is 4. The van der Waals surface area contributed by atoms with E-state index in [1.54, 1.807) is 12.1 Å². The highest BCUT2D eigenvalue weighted by atomic mass is 79.9. The SMILES string of the molecule is CCNC(=O)c1cnc(-c2ccc(-c3nc4c(Br)cc(C(F)(F)F)cc4[nH]3)nc2)c(Cl)c1. The second-order valence-electron chi connectivity index (χ2n) is 6.78. The first kappa shape index (κ1) is 22.2. The summed E-state index contributed by atoms with van der Waals surface area (Å²) in [6.07, 6.45) is -1.52. The first-order valence-electron chi connectivity index (χ1n) is 9.34. The quantitative estimate of drug-likeness (QED) is 0.350. The minimum absolute atomic E-state index is 0.227. The second-order valence-corrected chi connectivity index (χ2v) is 8.04. The summed E-state index contributed by atoms with van der Waals surface area (Å²) >= 11 is 9.45. The van der Waals surface area contributed by atoms with E-state index in [1.807, 2.05) is 6.92 Å². The molecule has 6 nitrogen and oxygen atoms in total. The van der Waals surface area contributed by atoms with Crippen LogP contribution in [0.3, 0.4) is 0 Å². The summed E-state index contributed by atoms with van der Waals surface area (Å²) in [6.45, 7) is 2.30. The van der Waals surface area contributed by atoms with E-state index >= 15 is 0 Å². The summed E-state index contributed by atoms with van der Waals surface area (Å²) < 4.78 is 39.4. The fraction of sp³-hybridized carbons (Fsp3) is 0.143. The Hall–Kier alpha value is -2.98. The number of amides is 1. The van der Waals surface area contributed by atoms with Crippen LogP contribution in [0.2, 0.25) is 5.02 Å². The maximum Gasteiger partial charge on any atom is 0.416 e. The highest BCUT2D eigenvalue weighted by molar-refractivity contribution is 9.10. The zero-order valence-corrected chi connectivity index (χ0v) is 18.7. The lowest BCUT2D eigenvalue weighted by Gasteiger charge is -2.07.